The molecule has 0 saturated carbocycles. The van der Waals surface area contributed by atoms with Gasteiger partial charge in [-0.2, -0.15) is 9.78 Å². The highest BCUT2D eigenvalue weighted by molar-refractivity contribution is 14.1. The standard InChI is InChI=1S/C21H18IN3O3/c1-21(2,3)28-20(26)25-11-10-16(24-25)13-4-6-14(7-5-13)19-23-17-9-8-15(22)12-18(17)27-19/h4-12H,1-3H3. The number of halogens is 1. The van der Waals surface area contributed by atoms with Crippen molar-refractivity contribution in [3.8, 4) is 22.7 Å². The summed E-state index contributed by atoms with van der Waals surface area (Å²) in [6.07, 6.45) is 1.09. The summed E-state index contributed by atoms with van der Waals surface area (Å²) in [4.78, 5) is 16.6. The summed E-state index contributed by atoms with van der Waals surface area (Å²) in [6.45, 7) is 5.46. The third-order valence-electron chi connectivity index (χ3n) is 3.95. The van der Waals surface area contributed by atoms with Crippen LogP contribution in [0.25, 0.3) is 33.8 Å². The molecule has 2 aromatic heterocycles. The quantitative estimate of drug-likeness (QED) is 0.337. The first-order chi connectivity index (χ1) is 13.3. The minimum Gasteiger partial charge on any atom is -0.442 e. The molecule has 28 heavy (non-hydrogen) atoms. The Kier molecular flexibility index (Phi) is 4.70. The Hall–Kier alpha value is -2.68. The maximum absolute atomic E-state index is 12.1. The van der Waals surface area contributed by atoms with E-state index in [1.165, 1.54) is 4.68 Å². The smallest absolute Gasteiger partial charge is 0.435 e. The molecule has 0 fully saturated rings. The van der Waals surface area contributed by atoms with Crippen molar-refractivity contribution < 1.29 is 13.9 Å². The number of carbonyl (C=O) groups excluding carboxylic acids is 1. The van der Waals surface area contributed by atoms with E-state index in [9.17, 15) is 4.79 Å². The molecule has 142 valence electrons. The monoisotopic (exact) mass is 487 g/mol. The SMILES string of the molecule is CC(C)(C)OC(=O)n1ccc(-c2ccc(-c3nc4ccc(I)cc4o3)cc2)n1. The first-order valence-corrected chi connectivity index (χ1v) is 9.82. The molecule has 0 atom stereocenters. The maximum atomic E-state index is 12.1. The highest BCUT2D eigenvalue weighted by Crippen LogP contribution is 2.27. The van der Waals surface area contributed by atoms with Crippen LogP contribution in [0.2, 0.25) is 0 Å². The average Bonchev–Trinajstić information content (AvgIpc) is 3.27. The molecule has 0 radical (unpaired) electrons. The number of oxazole rings is 1. The average molecular weight is 487 g/mol. The van der Waals surface area contributed by atoms with Crippen LogP contribution in [-0.2, 0) is 4.74 Å². The van der Waals surface area contributed by atoms with Gasteiger partial charge in [0.15, 0.2) is 5.58 Å². The van der Waals surface area contributed by atoms with Crippen LogP contribution in [-0.4, -0.2) is 26.5 Å². The van der Waals surface area contributed by atoms with Gasteiger partial charge in [-0.25, -0.2) is 9.78 Å². The number of nitrogens with zero attached hydrogens (tertiary/aromatic N) is 3. The molecule has 0 spiro atoms. The van der Waals surface area contributed by atoms with E-state index in [1.54, 1.807) is 12.3 Å². The Balaban J connectivity index is 1.57. The van der Waals surface area contributed by atoms with Crippen LogP contribution in [0.15, 0.2) is 59.1 Å². The summed E-state index contributed by atoms with van der Waals surface area (Å²) in [5, 5.41) is 4.31. The largest absolute Gasteiger partial charge is 0.442 e. The highest BCUT2D eigenvalue weighted by Gasteiger charge is 2.19. The molecule has 2 aromatic carbocycles. The number of fused-ring (bicyclic) bond motifs is 1. The first-order valence-electron chi connectivity index (χ1n) is 8.74. The van der Waals surface area contributed by atoms with Gasteiger partial charge in [-0.3, -0.25) is 0 Å². The summed E-state index contributed by atoms with van der Waals surface area (Å²) in [5.41, 5.74) is 3.48. The summed E-state index contributed by atoms with van der Waals surface area (Å²) >= 11 is 2.25. The van der Waals surface area contributed by atoms with Crippen LogP contribution in [0.3, 0.4) is 0 Å². The minimum absolute atomic E-state index is 0.503. The second-order valence-electron chi connectivity index (χ2n) is 7.33. The van der Waals surface area contributed by atoms with Crippen LogP contribution in [0.4, 0.5) is 4.79 Å². The lowest BCUT2D eigenvalue weighted by molar-refractivity contribution is 0.0515. The number of ether oxygens (including phenoxy) is 1. The molecule has 0 amide bonds. The van der Waals surface area contributed by atoms with E-state index in [1.807, 2.05) is 63.2 Å². The van der Waals surface area contributed by atoms with Gasteiger partial charge in [0.2, 0.25) is 5.89 Å². The Bertz CT molecular complexity index is 1150. The number of carbonyl (C=O) groups is 1. The predicted molar refractivity (Wildman–Crippen MR) is 115 cm³/mol. The van der Waals surface area contributed by atoms with Crippen LogP contribution < -0.4 is 0 Å². The van der Waals surface area contributed by atoms with Crippen molar-refractivity contribution in [1.29, 1.82) is 0 Å². The second kappa shape index (κ2) is 7.05. The zero-order chi connectivity index (χ0) is 19.9. The molecule has 7 heteroatoms. The van der Waals surface area contributed by atoms with Gasteiger partial charge in [-0.05, 0) is 79.8 Å². The molecule has 0 unspecified atom stereocenters. The molecule has 0 saturated heterocycles. The third-order valence-corrected chi connectivity index (χ3v) is 4.62. The third kappa shape index (κ3) is 3.94. The van der Waals surface area contributed by atoms with E-state index in [-0.39, 0.29) is 0 Å². The molecular formula is C21H18IN3O3. The Labute approximate surface area is 175 Å². The molecule has 0 aliphatic rings. The fraction of sp³-hybridized carbons (Fsp3) is 0.190. The van der Waals surface area contributed by atoms with E-state index in [4.69, 9.17) is 9.15 Å². The zero-order valence-corrected chi connectivity index (χ0v) is 17.8. The molecule has 2 heterocycles. The molecule has 0 N–H and O–H groups in total. The molecular weight excluding hydrogens is 469 g/mol. The van der Waals surface area contributed by atoms with Gasteiger partial charge >= 0.3 is 6.09 Å². The summed E-state index contributed by atoms with van der Waals surface area (Å²) in [7, 11) is 0. The van der Waals surface area contributed by atoms with Crippen LogP contribution in [0, 0.1) is 3.57 Å². The van der Waals surface area contributed by atoms with Gasteiger partial charge in [-0.15, -0.1) is 0 Å². The Morgan fingerprint density at radius 2 is 1.79 bits per heavy atom. The van der Waals surface area contributed by atoms with Gasteiger partial charge in [0.05, 0.1) is 5.69 Å². The summed E-state index contributed by atoms with van der Waals surface area (Å²) in [6, 6.07) is 15.4. The fourth-order valence-electron chi connectivity index (χ4n) is 2.69. The molecule has 4 rings (SSSR count). The number of hydrogen-bond donors (Lipinski definition) is 0. The molecule has 0 bridgehead atoms. The molecule has 4 aromatic rings. The van der Waals surface area contributed by atoms with Crippen molar-refractivity contribution in [3.05, 3.63) is 58.3 Å². The van der Waals surface area contributed by atoms with E-state index in [2.05, 4.69) is 32.7 Å². The highest BCUT2D eigenvalue weighted by atomic mass is 127. The van der Waals surface area contributed by atoms with Crippen LogP contribution in [0.1, 0.15) is 20.8 Å². The van der Waals surface area contributed by atoms with Crippen molar-refractivity contribution in [1.82, 2.24) is 14.8 Å². The zero-order valence-electron chi connectivity index (χ0n) is 15.6. The minimum atomic E-state index is -0.567. The van der Waals surface area contributed by atoms with Crippen molar-refractivity contribution in [2.45, 2.75) is 26.4 Å². The fourth-order valence-corrected chi connectivity index (χ4v) is 3.16. The lowest BCUT2D eigenvalue weighted by atomic mass is 10.1. The van der Waals surface area contributed by atoms with Gasteiger partial charge in [-0.1, -0.05) is 12.1 Å². The topological polar surface area (TPSA) is 70.2 Å². The maximum Gasteiger partial charge on any atom is 0.435 e. The van der Waals surface area contributed by atoms with E-state index in [0.29, 0.717) is 11.6 Å². The lowest BCUT2D eigenvalue weighted by Gasteiger charge is -2.18. The molecule has 0 aliphatic heterocycles. The van der Waals surface area contributed by atoms with Gasteiger partial charge in [0, 0.05) is 20.9 Å². The van der Waals surface area contributed by atoms with Gasteiger partial charge in [0.25, 0.3) is 0 Å². The van der Waals surface area contributed by atoms with E-state index in [0.717, 1.165) is 25.8 Å². The molecule has 0 aliphatic carbocycles. The van der Waals surface area contributed by atoms with Crippen molar-refractivity contribution in [2.75, 3.05) is 0 Å². The Morgan fingerprint density at radius 3 is 2.50 bits per heavy atom. The summed E-state index contributed by atoms with van der Waals surface area (Å²) in [5.74, 6) is 0.572. The van der Waals surface area contributed by atoms with Crippen LogP contribution in [0.5, 0.6) is 0 Å². The van der Waals surface area contributed by atoms with Gasteiger partial charge < -0.3 is 9.15 Å². The van der Waals surface area contributed by atoms with E-state index < -0.39 is 11.7 Å². The predicted octanol–water partition coefficient (Wildman–Crippen LogP) is 5.75. The number of rotatable bonds is 2. The van der Waals surface area contributed by atoms with Gasteiger partial charge in [0.1, 0.15) is 11.1 Å². The van der Waals surface area contributed by atoms with Crippen molar-refractivity contribution in [2.24, 2.45) is 0 Å². The normalized spacial score (nSPS) is 11.7. The van der Waals surface area contributed by atoms with E-state index >= 15 is 0 Å². The molecule has 6 nitrogen and oxygen atoms in total. The van der Waals surface area contributed by atoms with Crippen LogP contribution >= 0.6 is 22.6 Å². The summed E-state index contributed by atoms with van der Waals surface area (Å²) < 4.78 is 13.5. The Morgan fingerprint density at radius 1 is 1.07 bits per heavy atom. The number of hydrogen-bond acceptors (Lipinski definition) is 5. The van der Waals surface area contributed by atoms with Crippen molar-refractivity contribution in [3.63, 3.8) is 0 Å². The lowest BCUT2D eigenvalue weighted by Crippen LogP contribution is -2.27. The van der Waals surface area contributed by atoms with Crippen molar-refractivity contribution >= 4 is 39.8 Å². The number of benzene rings is 2. The first kappa shape index (κ1) is 18.7. The number of aromatic nitrogens is 3. The second-order valence-corrected chi connectivity index (χ2v) is 8.58.